The maximum atomic E-state index is 12.2. The van der Waals surface area contributed by atoms with Crippen molar-refractivity contribution in [1.82, 2.24) is 10.8 Å². The summed E-state index contributed by atoms with van der Waals surface area (Å²) in [5.41, 5.74) is 2.20. The first kappa shape index (κ1) is 16.4. The number of hydroxylamine groups is 1. The molecular weight excluding hydrogens is 324 g/mol. The van der Waals surface area contributed by atoms with E-state index in [0.717, 1.165) is 5.56 Å². The third-order valence-corrected chi connectivity index (χ3v) is 3.66. The lowest BCUT2D eigenvalue weighted by molar-refractivity contribution is 0.0706. The Morgan fingerprint density at radius 1 is 1.00 bits per heavy atom. The number of para-hydroxylation sites is 1. The van der Waals surface area contributed by atoms with Crippen LogP contribution in [0.5, 0.6) is 0 Å². The van der Waals surface area contributed by atoms with Crippen LogP contribution in [0.2, 0.25) is 0 Å². The Hall–Kier alpha value is -3.45. The van der Waals surface area contributed by atoms with Gasteiger partial charge in [0.15, 0.2) is 0 Å². The number of nitrogens with one attached hydrogen (secondary N) is 2. The van der Waals surface area contributed by atoms with Crippen LogP contribution >= 0.6 is 0 Å². The Morgan fingerprint density at radius 2 is 1.72 bits per heavy atom. The van der Waals surface area contributed by atoms with Crippen molar-refractivity contribution in [2.45, 2.75) is 6.54 Å². The van der Waals surface area contributed by atoms with Crippen molar-refractivity contribution in [3.63, 3.8) is 0 Å². The van der Waals surface area contributed by atoms with Crippen molar-refractivity contribution in [3.8, 4) is 0 Å². The maximum Gasteiger partial charge on any atom is 0.349 e. The molecule has 0 saturated carbocycles. The molecule has 1 aromatic heterocycles. The summed E-state index contributed by atoms with van der Waals surface area (Å²) >= 11 is 0. The lowest BCUT2D eigenvalue weighted by Crippen LogP contribution is -2.27. The molecule has 7 heteroatoms. The molecule has 3 N–H and O–H groups in total. The highest BCUT2D eigenvalue weighted by Crippen LogP contribution is 2.12. The van der Waals surface area contributed by atoms with Crippen LogP contribution in [0, 0.1) is 0 Å². The Bertz CT molecular complexity index is 992. The van der Waals surface area contributed by atoms with E-state index in [1.165, 1.54) is 23.7 Å². The van der Waals surface area contributed by atoms with Gasteiger partial charge < -0.3 is 9.73 Å². The maximum absolute atomic E-state index is 12.2. The predicted octanol–water partition coefficient (Wildman–Crippen LogP) is 1.84. The zero-order valence-electron chi connectivity index (χ0n) is 13.0. The van der Waals surface area contributed by atoms with Gasteiger partial charge in [0.05, 0.1) is 0 Å². The monoisotopic (exact) mass is 338 g/mol. The molecule has 0 fully saturated rings. The van der Waals surface area contributed by atoms with E-state index in [0.29, 0.717) is 11.0 Å². The topological polar surface area (TPSA) is 109 Å². The minimum Gasteiger partial charge on any atom is -0.422 e. The second-order valence-corrected chi connectivity index (χ2v) is 5.31. The Balaban J connectivity index is 1.73. The van der Waals surface area contributed by atoms with Gasteiger partial charge in [-0.25, -0.2) is 10.3 Å². The molecule has 0 spiro atoms. The van der Waals surface area contributed by atoms with Gasteiger partial charge in [-0.2, -0.15) is 0 Å². The molecule has 0 unspecified atom stereocenters. The summed E-state index contributed by atoms with van der Waals surface area (Å²) in [6, 6.07) is 14.7. The molecule has 3 rings (SSSR count). The van der Waals surface area contributed by atoms with Gasteiger partial charge in [0.25, 0.3) is 11.8 Å². The van der Waals surface area contributed by atoms with Crippen LogP contribution in [0.4, 0.5) is 0 Å². The summed E-state index contributed by atoms with van der Waals surface area (Å²) in [7, 11) is 0. The van der Waals surface area contributed by atoms with E-state index >= 15 is 0 Å². The number of fused-ring (bicyclic) bond motifs is 1. The van der Waals surface area contributed by atoms with E-state index in [1.54, 1.807) is 36.4 Å². The molecule has 0 atom stereocenters. The molecule has 0 aliphatic carbocycles. The second kappa shape index (κ2) is 6.98. The Labute approximate surface area is 141 Å². The fraction of sp³-hybridized carbons (Fsp3) is 0.0556. The molecule has 2 aromatic carbocycles. The summed E-state index contributed by atoms with van der Waals surface area (Å²) in [6.07, 6.45) is 0. The van der Waals surface area contributed by atoms with E-state index < -0.39 is 17.4 Å². The molecule has 3 aromatic rings. The highest BCUT2D eigenvalue weighted by Gasteiger charge is 2.13. The third kappa shape index (κ3) is 3.56. The van der Waals surface area contributed by atoms with Gasteiger partial charge in [0.1, 0.15) is 11.1 Å². The molecule has 126 valence electrons. The second-order valence-electron chi connectivity index (χ2n) is 5.31. The van der Waals surface area contributed by atoms with E-state index in [-0.39, 0.29) is 17.7 Å². The summed E-state index contributed by atoms with van der Waals surface area (Å²) in [4.78, 5) is 35.4. The first-order valence-corrected chi connectivity index (χ1v) is 7.43. The van der Waals surface area contributed by atoms with Gasteiger partial charge in [0.2, 0.25) is 0 Å². The van der Waals surface area contributed by atoms with E-state index in [2.05, 4.69) is 5.32 Å². The molecule has 25 heavy (non-hydrogen) atoms. The van der Waals surface area contributed by atoms with Crippen molar-refractivity contribution >= 4 is 22.8 Å². The van der Waals surface area contributed by atoms with Crippen LogP contribution in [0.1, 0.15) is 26.3 Å². The Kier molecular flexibility index (Phi) is 4.58. The first-order chi connectivity index (χ1) is 12.1. The van der Waals surface area contributed by atoms with Crippen LogP contribution in [-0.2, 0) is 6.54 Å². The van der Waals surface area contributed by atoms with Crippen molar-refractivity contribution in [1.29, 1.82) is 0 Å². The SMILES string of the molecule is O=C(NO)c1ccc(CNC(=O)c2cc3ccccc3oc2=O)cc1. The number of hydrogen-bond donors (Lipinski definition) is 3. The van der Waals surface area contributed by atoms with Crippen LogP contribution in [0.3, 0.4) is 0 Å². The molecule has 0 saturated heterocycles. The molecule has 0 aliphatic rings. The van der Waals surface area contributed by atoms with E-state index in [9.17, 15) is 14.4 Å². The van der Waals surface area contributed by atoms with Crippen molar-refractivity contribution in [2.24, 2.45) is 0 Å². The zero-order chi connectivity index (χ0) is 17.8. The highest BCUT2D eigenvalue weighted by atomic mass is 16.5. The molecule has 7 nitrogen and oxygen atoms in total. The van der Waals surface area contributed by atoms with Crippen LogP contribution in [-0.4, -0.2) is 17.0 Å². The van der Waals surface area contributed by atoms with Crippen molar-refractivity contribution in [2.75, 3.05) is 0 Å². The quantitative estimate of drug-likeness (QED) is 0.382. The minimum atomic E-state index is -0.703. The predicted molar refractivity (Wildman–Crippen MR) is 89.3 cm³/mol. The summed E-state index contributed by atoms with van der Waals surface area (Å²) in [6.45, 7) is 0.173. The van der Waals surface area contributed by atoms with Crippen LogP contribution in [0.15, 0.2) is 63.8 Å². The number of carbonyl (C=O) groups excluding carboxylic acids is 2. The largest absolute Gasteiger partial charge is 0.422 e. The molecule has 0 aliphatic heterocycles. The number of carbonyl (C=O) groups is 2. The van der Waals surface area contributed by atoms with Crippen molar-refractivity contribution < 1.29 is 19.2 Å². The summed E-state index contributed by atoms with van der Waals surface area (Å²) in [5.74, 6) is -1.17. The summed E-state index contributed by atoms with van der Waals surface area (Å²) < 4.78 is 5.14. The molecular formula is C18H14N2O5. The molecule has 2 amide bonds. The smallest absolute Gasteiger partial charge is 0.349 e. The average molecular weight is 338 g/mol. The fourth-order valence-corrected chi connectivity index (χ4v) is 2.34. The van der Waals surface area contributed by atoms with Gasteiger partial charge in [-0.15, -0.1) is 0 Å². The molecule has 0 bridgehead atoms. The standard InChI is InChI=1S/C18H14N2O5/c21-16(20-24)12-7-5-11(6-8-12)10-19-17(22)14-9-13-3-1-2-4-15(13)25-18(14)23/h1-9,24H,10H2,(H,19,22)(H,20,21). The lowest BCUT2D eigenvalue weighted by atomic mass is 10.1. The fourth-order valence-electron chi connectivity index (χ4n) is 2.34. The normalized spacial score (nSPS) is 10.4. The molecule has 1 heterocycles. The minimum absolute atomic E-state index is 0.0741. The van der Waals surface area contributed by atoms with Crippen LogP contribution in [0.25, 0.3) is 11.0 Å². The van der Waals surface area contributed by atoms with E-state index in [1.807, 2.05) is 0 Å². The average Bonchev–Trinajstić information content (AvgIpc) is 2.65. The number of benzene rings is 2. The van der Waals surface area contributed by atoms with Crippen LogP contribution < -0.4 is 16.4 Å². The first-order valence-electron chi connectivity index (χ1n) is 7.43. The highest BCUT2D eigenvalue weighted by molar-refractivity contribution is 5.96. The van der Waals surface area contributed by atoms with Gasteiger partial charge >= 0.3 is 5.63 Å². The van der Waals surface area contributed by atoms with Gasteiger partial charge in [-0.1, -0.05) is 30.3 Å². The lowest BCUT2D eigenvalue weighted by Gasteiger charge is -2.06. The van der Waals surface area contributed by atoms with Crippen molar-refractivity contribution in [3.05, 3.63) is 81.7 Å². The summed E-state index contributed by atoms with van der Waals surface area (Å²) in [5, 5.41) is 11.9. The van der Waals surface area contributed by atoms with Gasteiger partial charge in [-0.3, -0.25) is 14.8 Å². The van der Waals surface area contributed by atoms with Gasteiger partial charge in [-0.05, 0) is 29.8 Å². The zero-order valence-corrected chi connectivity index (χ0v) is 13.0. The number of hydrogen-bond acceptors (Lipinski definition) is 5. The Morgan fingerprint density at radius 3 is 2.44 bits per heavy atom. The number of rotatable bonds is 4. The third-order valence-electron chi connectivity index (χ3n) is 3.66. The molecule has 0 radical (unpaired) electrons. The van der Waals surface area contributed by atoms with E-state index in [4.69, 9.17) is 9.62 Å². The number of amides is 2. The van der Waals surface area contributed by atoms with Gasteiger partial charge in [0, 0.05) is 17.5 Å².